The van der Waals surface area contributed by atoms with Gasteiger partial charge in [-0.2, -0.15) is 0 Å². The fourth-order valence-electron chi connectivity index (χ4n) is 2.52. The summed E-state index contributed by atoms with van der Waals surface area (Å²) in [6, 6.07) is 8.66. The maximum atomic E-state index is 12.2. The molecule has 6 nitrogen and oxygen atoms in total. The molecule has 0 bridgehead atoms. The van der Waals surface area contributed by atoms with Crippen molar-refractivity contribution >= 4 is 23.2 Å². The number of hydrogen-bond acceptors (Lipinski definition) is 4. The number of carbonyl (C=O) groups excluding carboxylic acids is 2. The third-order valence-corrected chi connectivity index (χ3v) is 3.54. The van der Waals surface area contributed by atoms with Gasteiger partial charge in [-0.05, 0) is 44.2 Å². The normalized spacial score (nSPS) is 13.5. The number of pyridine rings is 1. The van der Waals surface area contributed by atoms with Crippen molar-refractivity contribution in [3.63, 3.8) is 0 Å². The number of carbonyl (C=O) groups is 2. The molecular weight excluding hydrogens is 294 g/mol. The Bertz CT molecular complexity index is 744. The zero-order valence-corrected chi connectivity index (χ0v) is 12.9. The number of rotatable bonds is 3. The Morgan fingerprint density at radius 2 is 2.17 bits per heavy atom. The molecule has 23 heavy (non-hydrogen) atoms. The maximum Gasteiger partial charge on any atom is 0.265 e. The van der Waals surface area contributed by atoms with Crippen LogP contribution >= 0.6 is 0 Å². The van der Waals surface area contributed by atoms with E-state index in [4.69, 9.17) is 4.74 Å². The monoisotopic (exact) mass is 311 g/mol. The number of nitrogens with one attached hydrogen (secondary N) is 1. The van der Waals surface area contributed by atoms with E-state index in [1.807, 2.05) is 13.8 Å². The molecule has 3 rings (SSSR count). The van der Waals surface area contributed by atoms with Crippen molar-refractivity contribution in [1.82, 2.24) is 4.98 Å². The molecule has 0 aliphatic carbocycles. The van der Waals surface area contributed by atoms with E-state index in [0.29, 0.717) is 22.7 Å². The van der Waals surface area contributed by atoms with Gasteiger partial charge in [0.1, 0.15) is 5.75 Å². The van der Waals surface area contributed by atoms with Gasteiger partial charge in [0.05, 0.1) is 11.3 Å². The molecule has 1 aromatic heterocycles. The average molecular weight is 311 g/mol. The lowest BCUT2D eigenvalue weighted by Gasteiger charge is -2.32. The number of nitrogens with zero attached hydrogens (tertiary/aromatic N) is 2. The van der Waals surface area contributed by atoms with Crippen LogP contribution in [0.2, 0.25) is 0 Å². The molecule has 6 heteroatoms. The van der Waals surface area contributed by atoms with E-state index < -0.39 is 0 Å². The molecule has 0 fully saturated rings. The second-order valence-electron chi connectivity index (χ2n) is 5.52. The first-order chi connectivity index (χ1) is 11.1. The molecular formula is C17H17N3O3. The quantitative estimate of drug-likeness (QED) is 0.945. The number of benzene rings is 1. The maximum absolute atomic E-state index is 12.2. The second-order valence-corrected chi connectivity index (χ2v) is 5.52. The van der Waals surface area contributed by atoms with Gasteiger partial charge in [0.15, 0.2) is 6.61 Å². The molecule has 1 aromatic carbocycles. The van der Waals surface area contributed by atoms with Crippen molar-refractivity contribution < 1.29 is 14.3 Å². The van der Waals surface area contributed by atoms with Crippen LogP contribution in [0.15, 0.2) is 42.7 Å². The minimum atomic E-state index is -0.253. The van der Waals surface area contributed by atoms with Crippen LogP contribution in [0.4, 0.5) is 11.4 Å². The van der Waals surface area contributed by atoms with Crippen LogP contribution in [0.3, 0.4) is 0 Å². The van der Waals surface area contributed by atoms with Crippen molar-refractivity contribution in [2.24, 2.45) is 0 Å². The van der Waals surface area contributed by atoms with E-state index in [2.05, 4.69) is 10.3 Å². The van der Waals surface area contributed by atoms with Crippen molar-refractivity contribution in [2.75, 3.05) is 16.8 Å². The number of anilines is 2. The van der Waals surface area contributed by atoms with Crippen LogP contribution in [0.1, 0.15) is 24.2 Å². The van der Waals surface area contributed by atoms with Crippen LogP contribution in [0, 0.1) is 0 Å². The van der Waals surface area contributed by atoms with E-state index in [1.165, 1.54) is 6.20 Å². The number of ether oxygens (including phenoxy) is 1. The predicted molar refractivity (Wildman–Crippen MR) is 86.7 cm³/mol. The number of hydrogen-bond donors (Lipinski definition) is 1. The average Bonchev–Trinajstić information content (AvgIpc) is 2.55. The van der Waals surface area contributed by atoms with Gasteiger partial charge in [-0.15, -0.1) is 0 Å². The second kappa shape index (κ2) is 6.08. The van der Waals surface area contributed by atoms with Crippen LogP contribution in [0.25, 0.3) is 0 Å². The highest BCUT2D eigenvalue weighted by Gasteiger charge is 2.28. The van der Waals surface area contributed by atoms with Crippen LogP contribution in [-0.2, 0) is 4.79 Å². The molecule has 0 saturated carbocycles. The predicted octanol–water partition coefficient (Wildman–Crippen LogP) is 2.47. The highest BCUT2D eigenvalue weighted by atomic mass is 16.5. The lowest BCUT2D eigenvalue weighted by Crippen LogP contribution is -2.43. The van der Waals surface area contributed by atoms with E-state index in [1.54, 1.807) is 41.4 Å². The molecule has 1 aliphatic heterocycles. The molecule has 0 atom stereocenters. The molecule has 0 unspecified atom stereocenters. The Morgan fingerprint density at radius 1 is 1.35 bits per heavy atom. The molecule has 118 valence electrons. The fourth-order valence-corrected chi connectivity index (χ4v) is 2.52. The van der Waals surface area contributed by atoms with Gasteiger partial charge in [0.25, 0.3) is 11.8 Å². The molecule has 1 aliphatic rings. The zero-order valence-electron chi connectivity index (χ0n) is 12.9. The Kier molecular flexibility index (Phi) is 3.97. The highest BCUT2D eigenvalue weighted by molar-refractivity contribution is 6.05. The Morgan fingerprint density at radius 3 is 2.87 bits per heavy atom. The summed E-state index contributed by atoms with van der Waals surface area (Å²) in [5, 5.41) is 2.81. The Hall–Kier alpha value is -2.89. The summed E-state index contributed by atoms with van der Waals surface area (Å²) < 4.78 is 5.45. The summed E-state index contributed by atoms with van der Waals surface area (Å²) in [6.45, 7) is 3.91. The fraction of sp³-hybridized carbons (Fsp3) is 0.235. The van der Waals surface area contributed by atoms with E-state index in [9.17, 15) is 9.59 Å². The smallest absolute Gasteiger partial charge is 0.265 e. The number of fused-ring (bicyclic) bond motifs is 1. The Balaban J connectivity index is 1.88. The van der Waals surface area contributed by atoms with Gasteiger partial charge >= 0.3 is 0 Å². The molecule has 2 aromatic rings. The molecule has 2 heterocycles. The summed E-state index contributed by atoms with van der Waals surface area (Å²) in [6.07, 6.45) is 3.11. The summed E-state index contributed by atoms with van der Waals surface area (Å²) >= 11 is 0. The molecule has 0 spiro atoms. The summed E-state index contributed by atoms with van der Waals surface area (Å²) in [5.41, 5.74) is 1.74. The summed E-state index contributed by atoms with van der Waals surface area (Å²) in [4.78, 5) is 29.9. The van der Waals surface area contributed by atoms with Gasteiger partial charge in [-0.25, -0.2) is 0 Å². The van der Waals surface area contributed by atoms with E-state index in [-0.39, 0.29) is 24.5 Å². The molecule has 2 amide bonds. The van der Waals surface area contributed by atoms with Gasteiger partial charge in [0, 0.05) is 24.1 Å². The topological polar surface area (TPSA) is 71.5 Å². The lowest BCUT2D eigenvalue weighted by molar-refractivity contribution is -0.121. The first-order valence-corrected chi connectivity index (χ1v) is 7.36. The third kappa shape index (κ3) is 3.01. The minimum Gasteiger partial charge on any atom is -0.482 e. The number of aromatic nitrogens is 1. The van der Waals surface area contributed by atoms with Crippen LogP contribution < -0.4 is 15.0 Å². The first kappa shape index (κ1) is 15.0. The lowest BCUT2D eigenvalue weighted by atomic mass is 10.1. The van der Waals surface area contributed by atoms with Crippen molar-refractivity contribution in [3.8, 4) is 5.75 Å². The van der Waals surface area contributed by atoms with Crippen molar-refractivity contribution in [1.29, 1.82) is 0 Å². The molecule has 1 N–H and O–H groups in total. The minimum absolute atomic E-state index is 0.00873. The third-order valence-electron chi connectivity index (χ3n) is 3.54. The van der Waals surface area contributed by atoms with Gasteiger partial charge < -0.3 is 15.0 Å². The first-order valence-electron chi connectivity index (χ1n) is 7.36. The van der Waals surface area contributed by atoms with Gasteiger partial charge in [-0.3, -0.25) is 14.6 Å². The summed E-state index contributed by atoms with van der Waals surface area (Å²) in [7, 11) is 0. The van der Waals surface area contributed by atoms with Crippen molar-refractivity contribution in [2.45, 2.75) is 19.9 Å². The largest absolute Gasteiger partial charge is 0.482 e. The van der Waals surface area contributed by atoms with E-state index >= 15 is 0 Å². The standard InChI is InChI=1S/C17H17N3O3/c1-11(2)20-14-8-13(5-6-15(14)23-10-16(20)21)19-17(22)12-4-3-7-18-9-12/h3-9,11H,10H2,1-2H3,(H,19,22). The molecule has 0 radical (unpaired) electrons. The van der Waals surface area contributed by atoms with Crippen LogP contribution in [-0.4, -0.2) is 29.4 Å². The highest BCUT2D eigenvalue weighted by Crippen LogP contribution is 2.35. The number of amides is 2. The van der Waals surface area contributed by atoms with Gasteiger partial charge in [0.2, 0.25) is 0 Å². The van der Waals surface area contributed by atoms with Gasteiger partial charge in [-0.1, -0.05) is 0 Å². The SMILES string of the molecule is CC(C)N1C(=O)COc2ccc(NC(=O)c3cccnc3)cc21. The summed E-state index contributed by atoms with van der Waals surface area (Å²) in [5.74, 6) is 0.290. The van der Waals surface area contributed by atoms with Crippen molar-refractivity contribution in [3.05, 3.63) is 48.3 Å². The molecule has 0 saturated heterocycles. The zero-order chi connectivity index (χ0) is 16.4. The Labute approximate surface area is 134 Å². The van der Waals surface area contributed by atoms with E-state index in [0.717, 1.165) is 0 Å². The van der Waals surface area contributed by atoms with Crippen LogP contribution in [0.5, 0.6) is 5.75 Å².